The molecule has 1 unspecified atom stereocenters. The van der Waals surface area contributed by atoms with Crippen molar-refractivity contribution in [3.8, 4) is 28.5 Å². The number of aromatic amines is 1. The van der Waals surface area contributed by atoms with Crippen LogP contribution in [0.15, 0.2) is 66.7 Å². The number of hydrogen-bond donors (Lipinski definition) is 1. The predicted molar refractivity (Wildman–Crippen MR) is 128 cm³/mol. The van der Waals surface area contributed by atoms with Crippen LogP contribution in [0, 0.1) is 10.1 Å². The van der Waals surface area contributed by atoms with Gasteiger partial charge in [-0.15, -0.1) is 0 Å². The van der Waals surface area contributed by atoms with Gasteiger partial charge >= 0.3 is 0 Å². The van der Waals surface area contributed by atoms with E-state index >= 15 is 0 Å². The molecule has 0 saturated carbocycles. The Bertz CT molecular complexity index is 1500. The van der Waals surface area contributed by atoms with Crippen molar-refractivity contribution in [3.05, 3.63) is 99.2 Å². The Balaban J connectivity index is 1.46. The number of carbonyl (C=O) groups is 1. The van der Waals surface area contributed by atoms with Crippen LogP contribution in [0.2, 0.25) is 0 Å². The highest BCUT2D eigenvalue weighted by Gasteiger charge is 2.42. The topological polar surface area (TPSA) is 120 Å². The summed E-state index contributed by atoms with van der Waals surface area (Å²) in [6, 6.07) is 18.7. The minimum Gasteiger partial charge on any atom is -0.497 e. The number of aromatic nitrogens is 2. The molecule has 1 atom stereocenters. The van der Waals surface area contributed by atoms with Crippen LogP contribution in [0.25, 0.3) is 11.3 Å². The lowest BCUT2D eigenvalue weighted by atomic mass is 9.95. The molecule has 10 nitrogen and oxygen atoms in total. The maximum absolute atomic E-state index is 13.6. The molecule has 36 heavy (non-hydrogen) atoms. The van der Waals surface area contributed by atoms with Crippen molar-refractivity contribution in [2.75, 3.05) is 13.9 Å². The molecule has 4 aromatic rings. The van der Waals surface area contributed by atoms with Crippen molar-refractivity contribution in [1.29, 1.82) is 0 Å². The van der Waals surface area contributed by atoms with E-state index in [1.807, 2.05) is 42.5 Å². The van der Waals surface area contributed by atoms with Crippen molar-refractivity contribution in [1.82, 2.24) is 15.1 Å². The molecule has 0 spiro atoms. The number of ether oxygens (including phenoxy) is 3. The first-order valence-electron chi connectivity index (χ1n) is 11.2. The van der Waals surface area contributed by atoms with Gasteiger partial charge in [-0.25, -0.2) is 0 Å². The van der Waals surface area contributed by atoms with Crippen molar-refractivity contribution in [2.24, 2.45) is 0 Å². The largest absolute Gasteiger partial charge is 0.497 e. The molecule has 0 saturated heterocycles. The van der Waals surface area contributed by atoms with Crippen molar-refractivity contribution in [3.63, 3.8) is 0 Å². The highest BCUT2D eigenvalue weighted by atomic mass is 16.7. The minimum atomic E-state index is -0.589. The maximum atomic E-state index is 13.6. The summed E-state index contributed by atoms with van der Waals surface area (Å²) in [5.74, 6) is 1.72. The molecule has 2 aliphatic heterocycles. The Morgan fingerprint density at radius 3 is 2.69 bits per heavy atom. The van der Waals surface area contributed by atoms with E-state index in [1.165, 1.54) is 12.1 Å². The Kier molecular flexibility index (Phi) is 5.06. The highest BCUT2D eigenvalue weighted by Crippen LogP contribution is 2.44. The number of nitrogens with one attached hydrogen (secondary N) is 1. The van der Waals surface area contributed by atoms with Gasteiger partial charge in [0, 0.05) is 29.8 Å². The second-order valence-corrected chi connectivity index (χ2v) is 8.46. The summed E-state index contributed by atoms with van der Waals surface area (Å²) in [5, 5.41) is 18.9. The van der Waals surface area contributed by atoms with E-state index in [4.69, 9.17) is 14.2 Å². The molecule has 10 heteroatoms. The van der Waals surface area contributed by atoms with Gasteiger partial charge in [-0.2, -0.15) is 5.10 Å². The lowest BCUT2D eigenvalue weighted by molar-refractivity contribution is -0.384. The van der Waals surface area contributed by atoms with Crippen LogP contribution >= 0.6 is 0 Å². The van der Waals surface area contributed by atoms with E-state index in [0.717, 1.165) is 11.1 Å². The third kappa shape index (κ3) is 3.50. The lowest BCUT2D eigenvalue weighted by Gasteiger charge is -2.26. The third-order valence-electron chi connectivity index (χ3n) is 6.41. The predicted octanol–water partition coefficient (Wildman–Crippen LogP) is 4.47. The first kappa shape index (κ1) is 21.7. The van der Waals surface area contributed by atoms with Crippen LogP contribution in [0.4, 0.5) is 5.69 Å². The first-order chi connectivity index (χ1) is 17.5. The van der Waals surface area contributed by atoms with Crippen molar-refractivity contribution in [2.45, 2.75) is 12.6 Å². The minimum absolute atomic E-state index is 0.0501. The molecule has 2 aliphatic rings. The van der Waals surface area contributed by atoms with Gasteiger partial charge in [0.05, 0.1) is 23.8 Å². The van der Waals surface area contributed by atoms with Crippen LogP contribution in [0.3, 0.4) is 0 Å². The molecule has 3 aromatic carbocycles. The molecule has 1 N–H and O–H groups in total. The Hall–Kier alpha value is -4.86. The molecule has 180 valence electrons. The number of fused-ring (bicyclic) bond motifs is 2. The molecule has 0 radical (unpaired) electrons. The quantitative estimate of drug-likeness (QED) is 0.317. The number of non-ortho nitro benzene ring substituents is 1. The fourth-order valence-corrected chi connectivity index (χ4v) is 4.72. The smallest absolute Gasteiger partial charge is 0.273 e. The number of benzene rings is 3. The van der Waals surface area contributed by atoms with Gasteiger partial charge < -0.3 is 19.1 Å². The molecule has 0 fully saturated rings. The number of nitro benzene ring substituents is 1. The van der Waals surface area contributed by atoms with Crippen molar-refractivity contribution >= 4 is 11.6 Å². The molecule has 3 heterocycles. The zero-order valence-corrected chi connectivity index (χ0v) is 19.1. The van der Waals surface area contributed by atoms with Gasteiger partial charge in [-0.3, -0.25) is 20.0 Å². The maximum Gasteiger partial charge on any atom is 0.273 e. The number of amides is 1. The molecule has 0 bridgehead atoms. The molecule has 6 rings (SSSR count). The van der Waals surface area contributed by atoms with Gasteiger partial charge in [0.2, 0.25) is 6.79 Å². The Labute approximate surface area is 205 Å². The van der Waals surface area contributed by atoms with Gasteiger partial charge in [0.15, 0.2) is 11.5 Å². The zero-order chi connectivity index (χ0) is 24.8. The number of carbonyl (C=O) groups excluding carboxylic acids is 1. The standard InChI is InChI=1S/C26H20N4O6/c1-34-19-8-6-16(7-9-19)23-22-24(28-27-23)26(31)29(13-15-5-10-20-21(11-15)36-14-35-20)25(22)17-3-2-4-18(12-17)30(32)33/h2-12,25H,13-14H2,1H3,(H,27,28). The summed E-state index contributed by atoms with van der Waals surface area (Å²) in [5.41, 5.74) is 3.84. The fraction of sp³-hybridized carbons (Fsp3) is 0.154. The van der Waals surface area contributed by atoms with Crippen LogP contribution in [0.1, 0.15) is 33.2 Å². The summed E-state index contributed by atoms with van der Waals surface area (Å²) in [6.45, 7) is 0.409. The normalized spacial score (nSPS) is 15.8. The molecular formula is C26H20N4O6. The molecular weight excluding hydrogens is 464 g/mol. The highest BCUT2D eigenvalue weighted by molar-refractivity contribution is 6.00. The van der Waals surface area contributed by atoms with Gasteiger partial charge in [0.1, 0.15) is 11.4 Å². The van der Waals surface area contributed by atoms with E-state index in [2.05, 4.69) is 10.2 Å². The third-order valence-corrected chi connectivity index (χ3v) is 6.41. The van der Waals surface area contributed by atoms with Crippen LogP contribution in [0.5, 0.6) is 17.2 Å². The average Bonchev–Trinajstić information content (AvgIpc) is 3.61. The van der Waals surface area contributed by atoms with Gasteiger partial charge in [-0.1, -0.05) is 18.2 Å². The van der Waals surface area contributed by atoms with Crippen molar-refractivity contribution < 1.29 is 23.9 Å². The van der Waals surface area contributed by atoms with Crippen LogP contribution < -0.4 is 14.2 Å². The summed E-state index contributed by atoms with van der Waals surface area (Å²) < 4.78 is 16.2. The SMILES string of the molecule is COc1ccc(-c2n[nH]c3c2C(c2cccc([N+](=O)[O-])c2)N(Cc2ccc4c(c2)OCO4)C3=O)cc1. The van der Waals surface area contributed by atoms with E-state index in [1.54, 1.807) is 24.1 Å². The lowest BCUT2D eigenvalue weighted by Crippen LogP contribution is -2.29. The first-order valence-corrected chi connectivity index (χ1v) is 11.2. The zero-order valence-electron chi connectivity index (χ0n) is 19.1. The number of H-pyrrole nitrogens is 1. The van der Waals surface area contributed by atoms with Gasteiger partial charge in [-0.05, 0) is 47.5 Å². The number of nitrogens with zero attached hydrogens (tertiary/aromatic N) is 3. The van der Waals surface area contributed by atoms with E-state index in [9.17, 15) is 14.9 Å². The number of methoxy groups -OCH3 is 1. The number of rotatable bonds is 6. The van der Waals surface area contributed by atoms with Crippen LogP contribution in [-0.2, 0) is 6.54 Å². The summed E-state index contributed by atoms with van der Waals surface area (Å²) >= 11 is 0. The summed E-state index contributed by atoms with van der Waals surface area (Å²) in [7, 11) is 1.59. The monoisotopic (exact) mass is 484 g/mol. The van der Waals surface area contributed by atoms with E-state index in [-0.39, 0.29) is 24.9 Å². The molecule has 0 aliphatic carbocycles. The second-order valence-electron chi connectivity index (χ2n) is 8.46. The summed E-state index contributed by atoms with van der Waals surface area (Å²) in [6.07, 6.45) is 0. The van der Waals surface area contributed by atoms with Crippen LogP contribution in [-0.4, -0.2) is 39.8 Å². The van der Waals surface area contributed by atoms with E-state index in [0.29, 0.717) is 39.8 Å². The Morgan fingerprint density at radius 2 is 1.92 bits per heavy atom. The number of nitro groups is 1. The second kappa shape index (κ2) is 8.42. The van der Waals surface area contributed by atoms with E-state index < -0.39 is 11.0 Å². The average molecular weight is 484 g/mol. The Morgan fingerprint density at radius 1 is 1.11 bits per heavy atom. The summed E-state index contributed by atoms with van der Waals surface area (Å²) in [4.78, 5) is 26.4. The van der Waals surface area contributed by atoms with Gasteiger partial charge in [0.25, 0.3) is 11.6 Å². The fourth-order valence-electron chi connectivity index (χ4n) is 4.72. The molecule has 1 amide bonds. The molecule has 1 aromatic heterocycles. The number of hydrogen-bond acceptors (Lipinski definition) is 7.